The van der Waals surface area contributed by atoms with Gasteiger partial charge in [0, 0.05) is 18.8 Å². The minimum Gasteiger partial charge on any atom is -0.389 e. The van der Waals surface area contributed by atoms with Crippen molar-refractivity contribution in [3.63, 3.8) is 0 Å². The maximum absolute atomic E-state index is 5.99. The second-order valence-electron chi connectivity index (χ2n) is 6.56. The number of nitrogens with two attached hydrogens (primary N) is 1. The molecule has 1 saturated heterocycles. The van der Waals surface area contributed by atoms with Crippen LogP contribution in [0.2, 0.25) is 0 Å². The van der Waals surface area contributed by atoms with Gasteiger partial charge in [-0.2, -0.15) is 0 Å². The zero-order chi connectivity index (χ0) is 14.8. The van der Waals surface area contributed by atoms with Crippen molar-refractivity contribution in [3.05, 3.63) is 22.9 Å². The van der Waals surface area contributed by atoms with Crippen LogP contribution < -0.4 is 10.6 Å². The van der Waals surface area contributed by atoms with E-state index >= 15 is 0 Å². The van der Waals surface area contributed by atoms with Gasteiger partial charge < -0.3 is 10.6 Å². The summed E-state index contributed by atoms with van der Waals surface area (Å²) in [6, 6.07) is 2.22. The lowest BCUT2D eigenvalue weighted by atomic mass is 9.94. The number of thiocarbonyl (C=S) groups is 1. The summed E-state index contributed by atoms with van der Waals surface area (Å²) in [5.41, 5.74) is 9.60. The summed E-state index contributed by atoms with van der Waals surface area (Å²) in [4.78, 5) is 7.88. The van der Waals surface area contributed by atoms with Gasteiger partial charge in [-0.25, -0.2) is 4.98 Å². The summed E-state index contributed by atoms with van der Waals surface area (Å²) < 4.78 is 0. The van der Waals surface area contributed by atoms with E-state index in [1.807, 2.05) is 0 Å². The monoisotopic (exact) mass is 303 g/mol. The van der Waals surface area contributed by atoms with E-state index in [4.69, 9.17) is 22.9 Å². The van der Waals surface area contributed by atoms with E-state index in [0.717, 1.165) is 43.2 Å². The first kappa shape index (κ1) is 14.8. The molecule has 0 radical (unpaired) electrons. The van der Waals surface area contributed by atoms with Crippen LogP contribution in [-0.4, -0.2) is 23.1 Å². The second-order valence-corrected chi connectivity index (χ2v) is 7.00. The van der Waals surface area contributed by atoms with Crippen molar-refractivity contribution in [2.45, 2.75) is 51.9 Å². The van der Waals surface area contributed by atoms with E-state index in [0.29, 0.717) is 4.99 Å². The van der Waals surface area contributed by atoms with Gasteiger partial charge in [0.05, 0.1) is 5.56 Å². The summed E-state index contributed by atoms with van der Waals surface area (Å²) in [6.07, 6.45) is 8.50. The van der Waals surface area contributed by atoms with Gasteiger partial charge in [0.1, 0.15) is 10.8 Å². The molecule has 0 bridgehead atoms. The van der Waals surface area contributed by atoms with Gasteiger partial charge in [0.25, 0.3) is 0 Å². The molecule has 0 saturated carbocycles. The number of fused-ring (bicyclic) bond motifs is 1. The first-order valence-corrected chi connectivity index (χ1v) is 8.63. The molecule has 1 atom stereocenters. The number of hydrogen-bond acceptors (Lipinski definition) is 3. The highest BCUT2D eigenvalue weighted by molar-refractivity contribution is 7.80. The van der Waals surface area contributed by atoms with Gasteiger partial charge in [-0.05, 0) is 62.5 Å². The van der Waals surface area contributed by atoms with E-state index in [1.54, 1.807) is 0 Å². The standard InChI is InChI=1S/C17H25N3S/c1-12-5-4-9-20(10-8-12)17-14(16(18)21)11-13-6-2-3-7-15(13)19-17/h11-12H,2-10H2,1H3,(H2,18,21). The fourth-order valence-electron chi connectivity index (χ4n) is 3.52. The minimum atomic E-state index is 0.489. The Morgan fingerprint density at radius 2 is 2.05 bits per heavy atom. The average molecular weight is 303 g/mol. The van der Waals surface area contributed by atoms with Crippen molar-refractivity contribution in [1.82, 2.24) is 4.98 Å². The predicted octanol–water partition coefficient (Wildman–Crippen LogP) is 3.22. The third-order valence-corrected chi connectivity index (χ3v) is 5.08. The van der Waals surface area contributed by atoms with E-state index in [1.165, 1.54) is 43.4 Å². The minimum absolute atomic E-state index is 0.489. The van der Waals surface area contributed by atoms with Gasteiger partial charge in [0.15, 0.2) is 0 Å². The maximum Gasteiger partial charge on any atom is 0.139 e. The molecular weight excluding hydrogens is 278 g/mol. The molecule has 1 aromatic heterocycles. The zero-order valence-corrected chi connectivity index (χ0v) is 13.7. The molecule has 4 heteroatoms. The number of pyridine rings is 1. The molecule has 2 heterocycles. The van der Waals surface area contributed by atoms with Gasteiger partial charge >= 0.3 is 0 Å². The normalized spacial score (nSPS) is 22.5. The molecular formula is C17H25N3S. The molecule has 0 aromatic carbocycles. The first-order valence-electron chi connectivity index (χ1n) is 8.22. The number of rotatable bonds is 2. The molecule has 1 aliphatic carbocycles. The van der Waals surface area contributed by atoms with Gasteiger partial charge in [-0.3, -0.25) is 0 Å². The number of hydrogen-bond donors (Lipinski definition) is 1. The fourth-order valence-corrected chi connectivity index (χ4v) is 3.67. The quantitative estimate of drug-likeness (QED) is 0.852. The molecule has 114 valence electrons. The van der Waals surface area contributed by atoms with Crippen molar-refractivity contribution in [2.24, 2.45) is 11.7 Å². The lowest BCUT2D eigenvalue weighted by Gasteiger charge is -2.27. The topological polar surface area (TPSA) is 42.2 Å². The summed E-state index contributed by atoms with van der Waals surface area (Å²) >= 11 is 5.29. The largest absolute Gasteiger partial charge is 0.389 e. The molecule has 0 amide bonds. The number of nitrogens with zero attached hydrogens (tertiary/aromatic N) is 2. The van der Waals surface area contributed by atoms with Gasteiger partial charge in [0.2, 0.25) is 0 Å². The van der Waals surface area contributed by atoms with Crippen LogP contribution in [0, 0.1) is 5.92 Å². The Labute approximate surface area is 132 Å². The number of aromatic nitrogens is 1. The highest BCUT2D eigenvalue weighted by Gasteiger charge is 2.22. The Morgan fingerprint density at radius 3 is 2.86 bits per heavy atom. The first-order chi connectivity index (χ1) is 10.1. The van der Waals surface area contributed by atoms with Crippen LogP contribution in [0.15, 0.2) is 6.07 Å². The van der Waals surface area contributed by atoms with Gasteiger partial charge in [-0.1, -0.05) is 19.1 Å². The summed E-state index contributed by atoms with van der Waals surface area (Å²) in [6.45, 7) is 4.49. The average Bonchev–Trinajstić information content (AvgIpc) is 2.70. The van der Waals surface area contributed by atoms with Crippen molar-refractivity contribution in [2.75, 3.05) is 18.0 Å². The predicted molar refractivity (Wildman–Crippen MR) is 92.0 cm³/mol. The second kappa shape index (κ2) is 6.30. The SMILES string of the molecule is CC1CCCN(c2nc3c(cc2C(N)=S)CCCC3)CC1. The molecule has 2 aliphatic rings. The molecule has 3 rings (SSSR count). The van der Waals surface area contributed by atoms with Crippen LogP contribution in [0.4, 0.5) is 5.82 Å². The molecule has 1 unspecified atom stereocenters. The smallest absolute Gasteiger partial charge is 0.139 e. The number of anilines is 1. The third kappa shape index (κ3) is 3.20. The van der Waals surface area contributed by atoms with Crippen molar-refractivity contribution < 1.29 is 0 Å². The number of aryl methyl sites for hydroxylation is 2. The lowest BCUT2D eigenvalue weighted by molar-refractivity contribution is 0.521. The van der Waals surface area contributed by atoms with Crippen LogP contribution in [0.1, 0.15) is 55.8 Å². The molecule has 1 aromatic rings. The molecule has 0 spiro atoms. The molecule has 1 fully saturated rings. The van der Waals surface area contributed by atoms with Crippen molar-refractivity contribution >= 4 is 23.0 Å². The Kier molecular flexibility index (Phi) is 4.43. The third-order valence-electron chi connectivity index (χ3n) is 4.86. The molecule has 1 aliphatic heterocycles. The highest BCUT2D eigenvalue weighted by atomic mass is 32.1. The van der Waals surface area contributed by atoms with Gasteiger partial charge in [-0.15, -0.1) is 0 Å². The van der Waals surface area contributed by atoms with Crippen LogP contribution >= 0.6 is 12.2 Å². The Morgan fingerprint density at radius 1 is 1.24 bits per heavy atom. The summed E-state index contributed by atoms with van der Waals surface area (Å²) in [5, 5.41) is 0. The van der Waals surface area contributed by atoms with Crippen LogP contribution in [0.3, 0.4) is 0 Å². The van der Waals surface area contributed by atoms with Crippen LogP contribution in [-0.2, 0) is 12.8 Å². The van der Waals surface area contributed by atoms with E-state index < -0.39 is 0 Å². The fraction of sp³-hybridized carbons (Fsp3) is 0.647. The maximum atomic E-state index is 5.99. The van der Waals surface area contributed by atoms with E-state index in [-0.39, 0.29) is 0 Å². The Hall–Kier alpha value is -1.16. The molecule has 3 nitrogen and oxygen atoms in total. The Balaban J connectivity index is 1.97. The van der Waals surface area contributed by atoms with Crippen molar-refractivity contribution in [3.8, 4) is 0 Å². The zero-order valence-electron chi connectivity index (χ0n) is 12.9. The van der Waals surface area contributed by atoms with Crippen LogP contribution in [0.25, 0.3) is 0 Å². The lowest BCUT2D eigenvalue weighted by Crippen LogP contribution is -2.29. The highest BCUT2D eigenvalue weighted by Crippen LogP contribution is 2.29. The van der Waals surface area contributed by atoms with Crippen LogP contribution in [0.5, 0.6) is 0 Å². The molecule has 21 heavy (non-hydrogen) atoms. The van der Waals surface area contributed by atoms with E-state index in [9.17, 15) is 0 Å². The Bertz CT molecular complexity index is 541. The summed E-state index contributed by atoms with van der Waals surface area (Å²) in [7, 11) is 0. The molecule has 2 N–H and O–H groups in total. The summed E-state index contributed by atoms with van der Waals surface area (Å²) in [5.74, 6) is 1.85. The van der Waals surface area contributed by atoms with E-state index in [2.05, 4.69) is 17.9 Å². The van der Waals surface area contributed by atoms with Crippen molar-refractivity contribution in [1.29, 1.82) is 0 Å².